The van der Waals surface area contributed by atoms with Crippen molar-refractivity contribution in [3.8, 4) is 23.0 Å². The van der Waals surface area contributed by atoms with Crippen LogP contribution in [-0.4, -0.2) is 39.7 Å². The highest BCUT2D eigenvalue weighted by Crippen LogP contribution is 2.39. The van der Waals surface area contributed by atoms with E-state index in [0.29, 0.717) is 35.3 Å². The molecule has 0 spiro atoms. The van der Waals surface area contributed by atoms with Crippen LogP contribution >= 0.6 is 11.6 Å². The molecule has 168 valence electrons. The summed E-state index contributed by atoms with van der Waals surface area (Å²) in [4.78, 5) is 6.55. The molecule has 0 radical (unpaired) electrons. The van der Waals surface area contributed by atoms with Crippen molar-refractivity contribution >= 4 is 27.3 Å². The van der Waals surface area contributed by atoms with Crippen molar-refractivity contribution in [1.82, 2.24) is 4.98 Å². The van der Waals surface area contributed by atoms with Crippen LogP contribution in [0.4, 0.5) is 5.88 Å². The Morgan fingerprint density at radius 2 is 1.56 bits per heavy atom. The average Bonchev–Trinajstić information content (AvgIpc) is 3.09. The molecule has 32 heavy (non-hydrogen) atoms. The number of hydrogen-bond acceptors (Lipinski definition) is 7. The Morgan fingerprint density at radius 1 is 0.875 bits per heavy atom. The van der Waals surface area contributed by atoms with Crippen LogP contribution < -0.4 is 14.4 Å². The number of halogens is 1. The molecular formula is C23H23ClN2O5S. The first-order chi connectivity index (χ1) is 15.5. The van der Waals surface area contributed by atoms with E-state index in [2.05, 4.69) is 4.98 Å². The summed E-state index contributed by atoms with van der Waals surface area (Å²) in [5.41, 5.74) is 0.661. The van der Waals surface area contributed by atoms with Gasteiger partial charge in [-0.05, 0) is 49.2 Å². The lowest BCUT2D eigenvalue weighted by Gasteiger charge is -2.21. The van der Waals surface area contributed by atoms with Gasteiger partial charge in [0, 0.05) is 29.7 Å². The number of ether oxygens (including phenoxy) is 2. The van der Waals surface area contributed by atoms with Gasteiger partial charge in [0.1, 0.15) is 13.2 Å². The number of fused-ring (bicyclic) bond motifs is 1. The van der Waals surface area contributed by atoms with Gasteiger partial charge in [0.05, 0.1) is 4.90 Å². The predicted octanol–water partition coefficient (Wildman–Crippen LogP) is 4.98. The Balaban J connectivity index is 1.61. The molecule has 0 unspecified atom stereocenters. The van der Waals surface area contributed by atoms with Crippen molar-refractivity contribution in [2.24, 2.45) is 0 Å². The molecule has 1 fully saturated rings. The number of aromatic nitrogens is 1. The van der Waals surface area contributed by atoms with E-state index in [1.54, 1.807) is 30.3 Å². The van der Waals surface area contributed by atoms with Crippen LogP contribution in [0.5, 0.6) is 11.5 Å². The highest BCUT2D eigenvalue weighted by molar-refractivity contribution is 7.91. The Hall–Kier alpha value is -2.71. The summed E-state index contributed by atoms with van der Waals surface area (Å²) in [6, 6.07) is 11.6. The fourth-order valence-electron chi connectivity index (χ4n) is 3.97. The van der Waals surface area contributed by atoms with Crippen molar-refractivity contribution in [2.45, 2.75) is 35.6 Å². The van der Waals surface area contributed by atoms with Gasteiger partial charge in [0.25, 0.3) is 0 Å². The molecule has 1 aromatic heterocycles. The standard InChI is InChI=1S/C23H23ClN2O5S/c24-17-7-5-16(6-8-17)21-25-22(23(31-21)26-11-3-1-2-4-12-26)32(27,28)18-9-10-19-20(15-18)30-14-13-29-19/h5-10,15H,1-4,11-14H2. The second-order valence-electron chi connectivity index (χ2n) is 7.85. The van der Waals surface area contributed by atoms with Gasteiger partial charge < -0.3 is 18.8 Å². The van der Waals surface area contributed by atoms with Crippen LogP contribution in [0.15, 0.2) is 56.8 Å². The summed E-state index contributed by atoms with van der Waals surface area (Å²) in [5, 5.41) is 0.498. The summed E-state index contributed by atoms with van der Waals surface area (Å²) in [6.45, 7) is 2.25. The second kappa shape index (κ2) is 8.67. The molecule has 2 aromatic carbocycles. The molecule has 0 amide bonds. The van der Waals surface area contributed by atoms with Crippen LogP contribution in [0.1, 0.15) is 25.7 Å². The summed E-state index contributed by atoms with van der Waals surface area (Å²) in [7, 11) is -3.97. The lowest BCUT2D eigenvalue weighted by atomic mass is 10.2. The first-order valence-corrected chi connectivity index (χ1v) is 12.5. The van der Waals surface area contributed by atoms with Crippen molar-refractivity contribution in [2.75, 3.05) is 31.2 Å². The van der Waals surface area contributed by atoms with E-state index in [0.717, 1.165) is 38.8 Å². The van der Waals surface area contributed by atoms with Gasteiger partial charge in [-0.2, -0.15) is 4.98 Å². The first-order valence-electron chi connectivity index (χ1n) is 10.7. The number of hydrogen-bond donors (Lipinski definition) is 0. The summed E-state index contributed by atoms with van der Waals surface area (Å²) in [5.74, 6) is 1.48. The van der Waals surface area contributed by atoms with Crippen LogP contribution in [0.25, 0.3) is 11.5 Å². The minimum absolute atomic E-state index is 0.0824. The van der Waals surface area contributed by atoms with Gasteiger partial charge in [-0.1, -0.05) is 24.4 Å². The zero-order valence-corrected chi connectivity index (χ0v) is 19.0. The molecule has 0 saturated carbocycles. The van der Waals surface area contributed by atoms with Gasteiger partial charge >= 0.3 is 0 Å². The molecule has 7 nitrogen and oxygen atoms in total. The second-order valence-corrected chi connectivity index (χ2v) is 10.1. The SMILES string of the molecule is O=S(=O)(c1ccc2c(c1)OCCO2)c1nc(-c2ccc(Cl)cc2)oc1N1CCCCCC1. The maximum atomic E-state index is 13.7. The van der Waals surface area contributed by atoms with Gasteiger partial charge in [-0.25, -0.2) is 8.42 Å². The average molecular weight is 475 g/mol. The van der Waals surface area contributed by atoms with Crippen molar-refractivity contribution in [3.05, 3.63) is 47.5 Å². The van der Waals surface area contributed by atoms with Crippen LogP contribution in [0, 0.1) is 0 Å². The molecule has 1 saturated heterocycles. The smallest absolute Gasteiger partial charge is 0.236 e. The molecule has 3 heterocycles. The molecule has 0 aliphatic carbocycles. The lowest BCUT2D eigenvalue weighted by Crippen LogP contribution is -2.25. The quantitative estimate of drug-likeness (QED) is 0.527. The number of rotatable bonds is 4. The predicted molar refractivity (Wildman–Crippen MR) is 121 cm³/mol. The fourth-order valence-corrected chi connectivity index (χ4v) is 5.43. The van der Waals surface area contributed by atoms with E-state index in [4.69, 9.17) is 25.5 Å². The Kier molecular flexibility index (Phi) is 5.73. The molecule has 2 aliphatic rings. The third-order valence-electron chi connectivity index (χ3n) is 5.64. The van der Waals surface area contributed by atoms with Crippen LogP contribution in [-0.2, 0) is 9.84 Å². The maximum absolute atomic E-state index is 13.7. The van der Waals surface area contributed by atoms with Gasteiger partial charge in [-0.3, -0.25) is 0 Å². The minimum Gasteiger partial charge on any atom is -0.486 e. The first kappa shape index (κ1) is 21.2. The minimum atomic E-state index is -3.97. The van der Waals surface area contributed by atoms with E-state index in [1.165, 1.54) is 12.1 Å². The van der Waals surface area contributed by atoms with Gasteiger partial charge in [0.2, 0.25) is 26.6 Å². The van der Waals surface area contributed by atoms with E-state index >= 15 is 0 Å². The molecule has 9 heteroatoms. The third-order valence-corrected chi connectivity index (χ3v) is 7.54. The monoisotopic (exact) mass is 474 g/mol. The maximum Gasteiger partial charge on any atom is 0.236 e. The Morgan fingerprint density at radius 3 is 2.28 bits per heavy atom. The Bertz CT molecular complexity index is 1220. The van der Waals surface area contributed by atoms with E-state index in [1.807, 2.05) is 4.90 Å². The molecular weight excluding hydrogens is 452 g/mol. The van der Waals surface area contributed by atoms with Gasteiger partial charge in [0.15, 0.2) is 11.5 Å². The zero-order valence-electron chi connectivity index (χ0n) is 17.4. The van der Waals surface area contributed by atoms with Crippen molar-refractivity contribution in [1.29, 1.82) is 0 Å². The summed E-state index contributed by atoms with van der Waals surface area (Å²) < 4.78 is 44.6. The van der Waals surface area contributed by atoms with Crippen LogP contribution in [0.2, 0.25) is 5.02 Å². The molecule has 5 rings (SSSR count). The number of nitrogens with zero attached hydrogens (tertiary/aromatic N) is 2. The number of oxazole rings is 1. The lowest BCUT2D eigenvalue weighted by molar-refractivity contribution is 0.171. The molecule has 0 N–H and O–H groups in total. The van der Waals surface area contributed by atoms with Crippen molar-refractivity contribution in [3.63, 3.8) is 0 Å². The van der Waals surface area contributed by atoms with E-state index < -0.39 is 9.84 Å². The molecule has 0 atom stereocenters. The largest absolute Gasteiger partial charge is 0.486 e. The molecule has 0 bridgehead atoms. The number of anilines is 1. The van der Waals surface area contributed by atoms with Gasteiger partial charge in [-0.15, -0.1) is 0 Å². The highest BCUT2D eigenvalue weighted by atomic mass is 35.5. The fraction of sp³-hybridized carbons (Fsp3) is 0.348. The number of benzene rings is 2. The topological polar surface area (TPSA) is 81.9 Å². The molecule has 2 aliphatic heterocycles. The Labute approximate surface area is 191 Å². The van der Waals surface area contributed by atoms with E-state index in [9.17, 15) is 8.42 Å². The summed E-state index contributed by atoms with van der Waals surface area (Å²) >= 11 is 6.01. The third kappa shape index (κ3) is 4.04. The van der Waals surface area contributed by atoms with Crippen LogP contribution in [0.3, 0.4) is 0 Å². The molecule has 3 aromatic rings. The van der Waals surface area contributed by atoms with E-state index in [-0.39, 0.29) is 21.7 Å². The number of sulfone groups is 1. The zero-order chi connectivity index (χ0) is 22.1. The van der Waals surface area contributed by atoms with Crippen molar-refractivity contribution < 1.29 is 22.3 Å². The normalized spacial score (nSPS) is 16.6. The summed E-state index contributed by atoms with van der Waals surface area (Å²) in [6.07, 6.45) is 4.17. The highest BCUT2D eigenvalue weighted by Gasteiger charge is 2.32.